The molecule has 14 heavy (non-hydrogen) atoms. The Kier molecular flexibility index (Phi) is 2.52. The van der Waals surface area contributed by atoms with Gasteiger partial charge in [0.05, 0.1) is 18.3 Å². The van der Waals surface area contributed by atoms with Crippen molar-refractivity contribution in [2.24, 2.45) is 0 Å². The van der Waals surface area contributed by atoms with Gasteiger partial charge in [-0.25, -0.2) is 0 Å². The van der Waals surface area contributed by atoms with Crippen LogP contribution in [0.5, 0.6) is 5.75 Å². The molecule has 1 aromatic rings. The Morgan fingerprint density at radius 2 is 2.43 bits per heavy atom. The van der Waals surface area contributed by atoms with Crippen molar-refractivity contribution in [3.63, 3.8) is 0 Å². The molecule has 1 atom stereocenters. The van der Waals surface area contributed by atoms with Crippen LogP contribution in [-0.2, 0) is 0 Å². The molecule has 1 unspecified atom stereocenters. The minimum Gasteiger partial charge on any atom is -0.489 e. The fourth-order valence-electron chi connectivity index (χ4n) is 1.56. The quantitative estimate of drug-likeness (QED) is 0.768. The van der Waals surface area contributed by atoms with Gasteiger partial charge in [-0.3, -0.25) is 0 Å². The summed E-state index contributed by atoms with van der Waals surface area (Å²) in [4.78, 5) is 1.99. The monoisotopic (exact) mass is 213 g/mol. The van der Waals surface area contributed by atoms with Gasteiger partial charge >= 0.3 is 0 Å². The van der Waals surface area contributed by atoms with Gasteiger partial charge in [0, 0.05) is 12.1 Å². The highest BCUT2D eigenvalue weighted by molar-refractivity contribution is 6.30. The van der Waals surface area contributed by atoms with Crippen molar-refractivity contribution in [2.45, 2.75) is 6.04 Å². The standard InChI is InChI=1S/C10H12ClNO2/c1-12-8(5-13)6-14-10-3-2-7(11)4-9(10)12/h2-4,8,13H,5-6H2,1H3. The molecule has 0 amide bonds. The second-order valence-corrected chi connectivity index (χ2v) is 3.81. The lowest BCUT2D eigenvalue weighted by Gasteiger charge is -2.34. The van der Waals surface area contributed by atoms with E-state index in [2.05, 4.69) is 0 Å². The van der Waals surface area contributed by atoms with Crippen molar-refractivity contribution in [2.75, 3.05) is 25.2 Å². The number of anilines is 1. The second kappa shape index (κ2) is 3.67. The molecule has 0 aliphatic carbocycles. The normalized spacial score (nSPS) is 20.2. The highest BCUT2D eigenvalue weighted by Gasteiger charge is 2.23. The van der Waals surface area contributed by atoms with Gasteiger partial charge in [-0.2, -0.15) is 0 Å². The lowest BCUT2D eigenvalue weighted by atomic mass is 10.2. The molecule has 76 valence electrons. The Morgan fingerprint density at radius 3 is 3.14 bits per heavy atom. The van der Waals surface area contributed by atoms with E-state index in [1.807, 2.05) is 24.1 Å². The molecule has 4 heteroatoms. The predicted molar refractivity (Wildman–Crippen MR) is 56.2 cm³/mol. The van der Waals surface area contributed by atoms with Gasteiger partial charge in [0.1, 0.15) is 12.4 Å². The first-order valence-electron chi connectivity index (χ1n) is 4.48. The molecule has 0 saturated carbocycles. The van der Waals surface area contributed by atoms with Crippen molar-refractivity contribution in [1.82, 2.24) is 0 Å². The molecule has 0 fully saturated rings. The molecule has 0 aromatic heterocycles. The molecular formula is C10H12ClNO2. The minimum absolute atomic E-state index is 0.0148. The van der Waals surface area contributed by atoms with Gasteiger partial charge in [-0.15, -0.1) is 0 Å². The van der Waals surface area contributed by atoms with Crippen LogP contribution in [-0.4, -0.2) is 31.4 Å². The number of fused-ring (bicyclic) bond motifs is 1. The Hall–Kier alpha value is -0.930. The number of rotatable bonds is 1. The summed E-state index contributed by atoms with van der Waals surface area (Å²) in [5.41, 5.74) is 0.933. The van der Waals surface area contributed by atoms with E-state index in [0.717, 1.165) is 11.4 Å². The SMILES string of the molecule is CN1c2cc(Cl)ccc2OCC1CO. The van der Waals surface area contributed by atoms with E-state index in [1.165, 1.54) is 0 Å². The van der Waals surface area contributed by atoms with Crippen molar-refractivity contribution in [3.8, 4) is 5.75 Å². The molecule has 0 saturated heterocycles. The van der Waals surface area contributed by atoms with Crippen LogP contribution in [0.15, 0.2) is 18.2 Å². The van der Waals surface area contributed by atoms with Crippen LogP contribution in [0.3, 0.4) is 0 Å². The van der Waals surface area contributed by atoms with Crippen LogP contribution in [0.1, 0.15) is 0 Å². The summed E-state index contributed by atoms with van der Waals surface area (Å²) in [5, 5.41) is 9.78. The van der Waals surface area contributed by atoms with Crippen LogP contribution >= 0.6 is 11.6 Å². The molecule has 0 spiro atoms. The van der Waals surface area contributed by atoms with Gasteiger partial charge in [-0.05, 0) is 18.2 Å². The fraction of sp³-hybridized carbons (Fsp3) is 0.400. The zero-order valence-electron chi connectivity index (χ0n) is 7.90. The third-order valence-corrected chi connectivity index (χ3v) is 2.73. The zero-order chi connectivity index (χ0) is 10.1. The summed E-state index contributed by atoms with van der Waals surface area (Å²) >= 11 is 5.89. The Morgan fingerprint density at radius 1 is 1.64 bits per heavy atom. The average Bonchev–Trinajstić information content (AvgIpc) is 2.20. The molecular weight excluding hydrogens is 202 g/mol. The molecule has 1 N–H and O–H groups in total. The molecule has 2 rings (SSSR count). The third-order valence-electron chi connectivity index (χ3n) is 2.49. The van der Waals surface area contributed by atoms with Crippen molar-refractivity contribution in [1.29, 1.82) is 0 Å². The van der Waals surface area contributed by atoms with E-state index in [-0.39, 0.29) is 12.6 Å². The van der Waals surface area contributed by atoms with Gasteiger partial charge in [0.2, 0.25) is 0 Å². The first-order valence-corrected chi connectivity index (χ1v) is 4.86. The fourth-order valence-corrected chi connectivity index (χ4v) is 1.72. The Bertz CT molecular complexity index is 343. The molecule has 1 aromatic carbocycles. The molecule has 1 heterocycles. The molecule has 3 nitrogen and oxygen atoms in total. The van der Waals surface area contributed by atoms with Crippen LogP contribution < -0.4 is 9.64 Å². The highest BCUT2D eigenvalue weighted by atomic mass is 35.5. The largest absolute Gasteiger partial charge is 0.489 e. The third kappa shape index (κ3) is 1.53. The maximum absolute atomic E-state index is 9.10. The summed E-state index contributed by atoms with van der Waals surface area (Å²) in [6, 6.07) is 5.51. The summed E-state index contributed by atoms with van der Waals surface area (Å²) in [5.74, 6) is 0.821. The number of likely N-dealkylation sites (N-methyl/N-ethyl adjacent to an activating group) is 1. The van der Waals surface area contributed by atoms with Crippen LogP contribution in [0.25, 0.3) is 0 Å². The summed E-state index contributed by atoms with van der Waals surface area (Å²) in [7, 11) is 1.93. The first kappa shape index (κ1) is 9.62. The van der Waals surface area contributed by atoms with Crippen LogP contribution in [0.4, 0.5) is 5.69 Å². The number of halogens is 1. The molecule has 0 bridgehead atoms. The number of aliphatic hydroxyl groups excluding tert-OH is 1. The molecule has 1 aliphatic heterocycles. The van der Waals surface area contributed by atoms with E-state index >= 15 is 0 Å². The number of ether oxygens (including phenoxy) is 1. The number of benzene rings is 1. The summed E-state index contributed by atoms with van der Waals surface area (Å²) < 4.78 is 5.49. The van der Waals surface area contributed by atoms with Gasteiger partial charge in [-0.1, -0.05) is 11.6 Å². The van der Waals surface area contributed by atoms with Crippen molar-refractivity contribution in [3.05, 3.63) is 23.2 Å². The molecule has 0 radical (unpaired) electrons. The van der Waals surface area contributed by atoms with Crippen LogP contribution in [0.2, 0.25) is 5.02 Å². The maximum Gasteiger partial charge on any atom is 0.142 e. The summed E-state index contributed by atoms with van der Waals surface area (Å²) in [6.45, 7) is 0.601. The second-order valence-electron chi connectivity index (χ2n) is 3.37. The number of nitrogens with zero attached hydrogens (tertiary/aromatic N) is 1. The topological polar surface area (TPSA) is 32.7 Å². The lowest BCUT2D eigenvalue weighted by Crippen LogP contribution is -2.42. The predicted octanol–water partition coefficient (Wildman–Crippen LogP) is 1.53. The number of hydrogen-bond donors (Lipinski definition) is 1. The first-order chi connectivity index (χ1) is 6.72. The van der Waals surface area contributed by atoms with Gasteiger partial charge in [0.15, 0.2) is 0 Å². The van der Waals surface area contributed by atoms with E-state index in [1.54, 1.807) is 6.07 Å². The van der Waals surface area contributed by atoms with Crippen molar-refractivity contribution >= 4 is 17.3 Å². The van der Waals surface area contributed by atoms with E-state index < -0.39 is 0 Å². The van der Waals surface area contributed by atoms with E-state index in [4.69, 9.17) is 21.4 Å². The van der Waals surface area contributed by atoms with Gasteiger partial charge in [0.25, 0.3) is 0 Å². The number of aliphatic hydroxyl groups is 1. The minimum atomic E-state index is 0.0148. The van der Waals surface area contributed by atoms with Crippen LogP contribution in [0, 0.1) is 0 Å². The van der Waals surface area contributed by atoms with E-state index in [0.29, 0.717) is 11.6 Å². The molecule has 1 aliphatic rings. The maximum atomic E-state index is 9.10. The Balaban J connectivity index is 2.38. The number of hydrogen-bond acceptors (Lipinski definition) is 3. The Labute approximate surface area is 87.9 Å². The van der Waals surface area contributed by atoms with Gasteiger partial charge < -0.3 is 14.7 Å². The van der Waals surface area contributed by atoms with Crippen molar-refractivity contribution < 1.29 is 9.84 Å². The smallest absolute Gasteiger partial charge is 0.142 e. The highest BCUT2D eigenvalue weighted by Crippen LogP contribution is 2.34. The average molecular weight is 214 g/mol. The summed E-state index contributed by atoms with van der Waals surface area (Å²) in [6.07, 6.45) is 0. The van der Waals surface area contributed by atoms with E-state index in [9.17, 15) is 0 Å². The lowest BCUT2D eigenvalue weighted by molar-refractivity contribution is 0.191. The zero-order valence-corrected chi connectivity index (χ0v) is 8.66.